The van der Waals surface area contributed by atoms with E-state index in [0.29, 0.717) is 5.69 Å². The molecule has 0 atom stereocenters. The van der Waals surface area contributed by atoms with Crippen molar-refractivity contribution in [3.05, 3.63) is 23.8 Å². The van der Waals surface area contributed by atoms with Gasteiger partial charge in [-0.25, -0.2) is 0 Å². The highest BCUT2D eigenvalue weighted by Crippen LogP contribution is 2.25. The lowest BCUT2D eigenvalue weighted by Crippen LogP contribution is -1.95. The van der Waals surface area contributed by atoms with Gasteiger partial charge in [0, 0.05) is 5.33 Å². The van der Waals surface area contributed by atoms with Gasteiger partial charge in [0.05, 0.1) is 12.8 Å². The zero-order valence-electron chi connectivity index (χ0n) is 6.30. The lowest BCUT2D eigenvalue weighted by Gasteiger charge is -2.06. The van der Waals surface area contributed by atoms with Crippen molar-refractivity contribution in [3.63, 3.8) is 0 Å². The number of nitrogen functional groups attached to an aromatic ring is 1. The van der Waals surface area contributed by atoms with Gasteiger partial charge >= 0.3 is 0 Å². The summed E-state index contributed by atoms with van der Waals surface area (Å²) in [5.74, 6) is 0.738. The van der Waals surface area contributed by atoms with E-state index in [4.69, 9.17) is 10.5 Å². The van der Waals surface area contributed by atoms with Crippen LogP contribution >= 0.6 is 15.9 Å². The Hall–Kier alpha value is -0.700. The van der Waals surface area contributed by atoms with Gasteiger partial charge in [0.2, 0.25) is 0 Å². The number of hydrogen-bond acceptors (Lipinski definition) is 2. The molecule has 0 aliphatic heterocycles. The Morgan fingerprint density at radius 3 is 2.82 bits per heavy atom. The summed E-state index contributed by atoms with van der Waals surface area (Å²) in [5, 5.41) is 0.760. The van der Waals surface area contributed by atoms with Gasteiger partial charge in [-0.2, -0.15) is 0 Å². The summed E-state index contributed by atoms with van der Waals surface area (Å²) in [5.41, 5.74) is 7.52. The maximum Gasteiger partial charge on any atom is 0.142 e. The second-order valence-corrected chi connectivity index (χ2v) is 2.73. The van der Waals surface area contributed by atoms with E-state index in [1.807, 2.05) is 18.2 Å². The van der Waals surface area contributed by atoms with E-state index < -0.39 is 0 Å². The van der Waals surface area contributed by atoms with Crippen molar-refractivity contribution in [1.29, 1.82) is 0 Å². The van der Waals surface area contributed by atoms with E-state index in [-0.39, 0.29) is 0 Å². The fourth-order valence-corrected chi connectivity index (χ4v) is 1.37. The van der Waals surface area contributed by atoms with Crippen LogP contribution in [0, 0.1) is 0 Å². The quantitative estimate of drug-likeness (QED) is 0.607. The molecule has 0 amide bonds. The molecule has 0 bridgehead atoms. The molecule has 1 aromatic rings. The highest BCUT2D eigenvalue weighted by molar-refractivity contribution is 9.08. The minimum absolute atomic E-state index is 0.715. The standard InChI is InChI=1S/C8H10BrNO/c1-11-7-4-2-3-6(5-9)8(7)10/h2-4H,5,10H2,1H3. The number of benzene rings is 1. The highest BCUT2D eigenvalue weighted by Gasteiger charge is 2.01. The van der Waals surface area contributed by atoms with E-state index in [1.165, 1.54) is 0 Å². The molecule has 0 aliphatic carbocycles. The van der Waals surface area contributed by atoms with Gasteiger partial charge in [0.1, 0.15) is 5.75 Å². The molecule has 0 spiro atoms. The van der Waals surface area contributed by atoms with Crippen molar-refractivity contribution in [2.45, 2.75) is 5.33 Å². The first-order valence-corrected chi connectivity index (χ1v) is 4.39. The molecule has 0 aliphatic rings. The molecule has 3 heteroatoms. The fourth-order valence-electron chi connectivity index (χ4n) is 0.884. The number of ether oxygens (including phenoxy) is 1. The van der Waals surface area contributed by atoms with Crippen LogP contribution in [0.4, 0.5) is 5.69 Å². The van der Waals surface area contributed by atoms with Crippen LogP contribution in [-0.2, 0) is 5.33 Å². The molecule has 0 saturated heterocycles. The van der Waals surface area contributed by atoms with Crippen LogP contribution in [-0.4, -0.2) is 7.11 Å². The molecule has 1 rings (SSSR count). The molecule has 2 nitrogen and oxygen atoms in total. The van der Waals surface area contributed by atoms with Crippen LogP contribution < -0.4 is 10.5 Å². The molecule has 11 heavy (non-hydrogen) atoms. The van der Waals surface area contributed by atoms with Crippen LogP contribution in [0.15, 0.2) is 18.2 Å². The molecule has 0 aromatic heterocycles. The Morgan fingerprint density at radius 1 is 1.55 bits per heavy atom. The SMILES string of the molecule is COc1cccc(CBr)c1N. The van der Waals surface area contributed by atoms with Crippen molar-refractivity contribution in [2.24, 2.45) is 0 Å². The van der Waals surface area contributed by atoms with Crippen molar-refractivity contribution in [3.8, 4) is 5.75 Å². The number of nitrogens with two attached hydrogens (primary N) is 1. The largest absolute Gasteiger partial charge is 0.495 e. The highest BCUT2D eigenvalue weighted by atomic mass is 79.9. The maximum absolute atomic E-state index is 5.75. The molecule has 0 heterocycles. The van der Waals surface area contributed by atoms with Crippen molar-refractivity contribution in [2.75, 3.05) is 12.8 Å². The predicted molar refractivity (Wildman–Crippen MR) is 50.0 cm³/mol. The second-order valence-electron chi connectivity index (χ2n) is 2.17. The van der Waals surface area contributed by atoms with Crippen molar-refractivity contribution in [1.82, 2.24) is 0 Å². The average Bonchev–Trinajstić information content (AvgIpc) is 2.05. The van der Waals surface area contributed by atoms with Crippen molar-refractivity contribution >= 4 is 21.6 Å². The zero-order valence-corrected chi connectivity index (χ0v) is 7.89. The molecular weight excluding hydrogens is 206 g/mol. The Labute approximate surface area is 74.5 Å². The topological polar surface area (TPSA) is 35.2 Å². The first-order chi connectivity index (χ1) is 5.29. The Bertz CT molecular complexity index is 228. The molecule has 2 N–H and O–H groups in total. The average molecular weight is 216 g/mol. The minimum Gasteiger partial charge on any atom is -0.495 e. The van der Waals surface area contributed by atoms with Crippen molar-refractivity contribution < 1.29 is 4.74 Å². The summed E-state index contributed by atoms with van der Waals surface area (Å²) >= 11 is 3.34. The lowest BCUT2D eigenvalue weighted by atomic mass is 10.2. The fraction of sp³-hybridized carbons (Fsp3) is 0.250. The Balaban J connectivity index is 3.10. The monoisotopic (exact) mass is 215 g/mol. The summed E-state index contributed by atoms with van der Waals surface area (Å²) in [6.45, 7) is 0. The summed E-state index contributed by atoms with van der Waals surface area (Å²) in [6, 6.07) is 5.74. The summed E-state index contributed by atoms with van der Waals surface area (Å²) in [7, 11) is 1.61. The molecule has 1 aromatic carbocycles. The third-order valence-corrected chi connectivity index (χ3v) is 2.12. The number of anilines is 1. The molecule has 0 fully saturated rings. The van der Waals surface area contributed by atoms with Crippen LogP contribution in [0.25, 0.3) is 0 Å². The smallest absolute Gasteiger partial charge is 0.142 e. The number of halogens is 1. The van der Waals surface area contributed by atoms with Crippen LogP contribution in [0.5, 0.6) is 5.75 Å². The molecule has 0 saturated carbocycles. The van der Waals surface area contributed by atoms with Crippen LogP contribution in [0.2, 0.25) is 0 Å². The summed E-state index contributed by atoms with van der Waals surface area (Å²) in [6.07, 6.45) is 0. The normalized spacial score (nSPS) is 9.64. The maximum atomic E-state index is 5.75. The zero-order chi connectivity index (χ0) is 8.27. The van der Waals surface area contributed by atoms with Gasteiger partial charge in [-0.15, -0.1) is 0 Å². The van der Waals surface area contributed by atoms with Crippen LogP contribution in [0.3, 0.4) is 0 Å². The Kier molecular flexibility index (Phi) is 2.76. The third kappa shape index (κ3) is 1.66. The lowest BCUT2D eigenvalue weighted by molar-refractivity contribution is 0.416. The molecule has 0 radical (unpaired) electrons. The van der Waals surface area contributed by atoms with Gasteiger partial charge in [-0.3, -0.25) is 0 Å². The number of hydrogen-bond donors (Lipinski definition) is 1. The van der Waals surface area contributed by atoms with E-state index in [0.717, 1.165) is 16.6 Å². The molecule has 0 unspecified atom stereocenters. The number of alkyl halides is 1. The molecule has 60 valence electrons. The van der Waals surface area contributed by atoms with Crippen LogP contribution in [0.1, 0.15) is 5.56 Å². The third-order valence-electron chi connectivity index (χ3n) is 1.52. The van der Waals surface area contributed by atoms with Gasteiger partial charge in [0.15, 0.2) is 0 Å². The first kappa shape index (κ1) is 8.40. The van der Waals surface area contributed by atoms with Gasteiger partial charge in [-0.1, -0.05) is 28.1 Å². The summed E-state index contributed by atoms with van der Waals surface area (Å²) < 4.78 is 5.04. The van der Waals surface area contributed by atoms with E-state index in [9.17, 15) is 0 Å². The predicted octanol–water partition coefficient (Wildman–Crippen LogP) is 2.17. The number of rotatable bonds is 2. The second kappa shape index (κ2) is 3.62. The van der Waals surface area contributed by atoms with Gasteiger partial charge in [0.25, 0.3) is 0 Å². The Morgan fingerprint density at radius 2 is 2.27 bits per heavy atom. The van der Waals surface area contributed by atoms with E-state index in [1.54, 1.807) is 7.11 Å². The minimum atomic E-state index is 0.715. The number of para-hydroxylation sites is 1. The van der Waals surface area contributed by atoms with E-state index in [2.05, 4.69) is 15.9 Å². The number of methoxy groups -OCH3 is 1. The summed E-state index contributed by atoms with van der Waals surface area (Å²) in [4.78, 5) is 0. The first-order valence-electron chi connectivity index (χ1n) is 3.27. The van der Waals surface area contributed by atoms with Gasteiger partial charge in [-0.05, 0) is 11.6 Å². The van der Waals surface area contributed by atoms with Gasteiger partial charge < -0.3 is 10.5 Å². The van der Waals surface area contributed by atoms with E-state index >= 15 is 0 Å². The molecular formula is C8H10BrNO.